The molecule has 0 amide bonds. The Morgan fingerprint density at radius 3 is 2.50 bits per heavy atom. The van der Waals surface area contributed by atoms with E-state index in [0.29, 0.717) is 24.3 Å². The van der Waals surface area contributed by atoms with E-state index >= 15 is 0 Å². The number of hydrogen-bond donors (Lipinski definition) is 1. The minimum Gasteiger partial charge on any atom is -0.512 e. The largest absolute Gasteiger partial charge is 0.512 e. The van der Waals surface area contributed by atoms with E-state index in [1.165, 1.54) is 0 Å². The lowest BCUT2D eigenvalue weighted by atomic mass is 9.74. The number of hydrogen-bond acceptors (Lipinski definition) is 3. The molecule has 0 aromatic heterocycles. The van der Waals surface area contributed by atoms with E-state index in [-0.39, 0.29) is 17.5 Å². The summed E-state index contributed by atoms with van der Waals surface area (Å²) in [7, 11) is 0. The first-order valence-electron chi connectivity index (χ1n) is 8.17. The topological polar surface area (TPSA) is 46.5 Å². The molecule has 1 saturated heterocycles. The van der Waals surface area contributed by atoms with Crippen LogP contribution >= 0.6 is 0 Å². The molecule has 118 valence electrons. The van der Waals surface area contributed by atoms with E-state index in [1.807, 2.05) is 32.0 Å². The van der Waals surface area contributed by atoms with Crippen LogP contribution in [-0.4, -0.2) is 24.1 Å². The van der Waals surface area contributed by atoms with Crippen LogP contribution in [0.5, 0.6) is 0 Å². The van der Waals surface area contributed by atoms with Crippen LogP contribution in [0.15, 0.2) is 24.0 Å². The van der Waals surface area contributed by atoms with Crippen molar-refractivity contribution in [2.24, 2.45) is 11.8 Å². The Kier molecular flexibility index (Phi) is 4.34. The molecule has 1 aromatic carbocycles. The fourth-order valence-corrected chi connectivity index (χ4v) is 3.76. The number of aliphatic hydroxyl groups excluding tert-OH is 1. The maximum atomic E-state index is 12.7. The van der Waals surface area contributed by atoms with Gasteiger partial charge in [0.1, 0.15) is 5.76 Å². The number of aryl methyl sites for hydroxylation is 2. The van der Waals surface area contributed by atoms with Crippen LogP contribution in [0.3, 0.4) is 0 Å². The van der Waals surface area contributed by atoms with Gasteiger partial charge in [-0.3, -0.25) is 4.79 Å². The van der Waals surface area contributed by atoms with Crippen LogP contribution in [0.2, 0.25) is 0 Å². The summed E-state index contributed by atoms with van der Waals surface area (Å²) < 4.78 is 5.40. The number of allylic oxidation sites excluding steroid dienone is 2. The molecule has 1 aliphatic carbocycles. The highest BCUT2D eigenvalue weighted by atomic mass is 16.5. The predicted octanol–water partition coefficient (Wildman–Crippen LogP) is 3.98. The van der Waals surface area contributed by atoms with Gasteiger partial charge in [-0.1, -0.05) is 23.8 Å². The number of aliphatic hydroxyl groups is 1. The molecule has 3 rings (SSSR count). The maximum absolute atomic E-state index is 12.7. The molecule has 0 radical (unpaired) electrons. The third kappa shape index (κ3) is 2.95. The molecule has 22 heavy (non-hydrogen) atoms. The number of carbonyl (C=O) groups excluding carboxylic acids is 1. The van der Waals surface area contributed by atoms with Crippen molar-refractivity contribution in [2.45, 2.75) is 39.5 Å². The van der Waals surface area contributed by atoms with E-state index in [1.54, 1.807) is 0 Å². The normalized spacial score (nSPS) is 23.9. The molecular weight excluding hydrogens is 276 g/mol. The van der Waals surface area contributed by atoms with Gasteiger partial charge in [-0.05, 0) is 49.7 Å². The Labute approximate surface area is 132 Å². The minimum atomic E-state index is 0.0916. The number of ketones is 1. The summed E-state index contributed by atoms with van der Waals surface area (Å²) in [6.07, 6.45) is 3.19. The number of ether oxygens (including phenoxy) is 1. The standard InChI is InChI=1S/C19H24O3/c1-12-3-4-13(2)16(9-12)19-17(20)10-15(11-18(19)21)14-5-7-22-8-6-14/h3-4,9,14-15,20H,5-8,10-11H2,1-2H3. The fraction of sp³-hybridized carbons (Fsp3) is 0.526. The summed E-state index contributed by atoms with van der Waals surface area (Å²) in [6.45, 7) is 5.57. The van der Waals surface area contributed by atoms with Gasteiger partial charge >= 0.3 is 0 Å². The Hall–Kier alpha value is -1.61. The van der Waals surface area contributed by atoms with Crippen molar-refractivity contribution >= 4 is 11.4 Å². The quantitative estimate of drug-likeness (QED) is 0.898. The number of rotatable bonds is 2. The third-order valence-corrected chi connectivity index (χ3v) is 5.07. The van der Waals surface area contributed by atoms with Crippen LogP contribution in [0.1, 0.15) is 42.4 Å². The average molecular weight is 300 g/mol. The van der Waals surface area contributed by atoms with Gasteiger partial charge in [-0.2, -0.15) is 0 Å². The monoisotopic (exact) mass is 300 g/mol. The van der Waals surface area contributed by atoms with Crippen LogP contribution in [0.25, 0.3) is 5.57 Å². The smallest absolute Gasteiger partial charge is 0.167 e. The number of Topliss-reactive ketones (excluding diaryl/α,β-unsaturated/α-hetero) is 1. The van der Waals surface area contributed by atoms with Crippen molar-refractivity contribution in [3.05, 3.63) is 40.6 Å². The van der Waals surface area contributed by atoms with Crippen LogP contribution in [0.4, 0.5) is 0 Å². The second-order valence-corrected chi connectivity index (χ2v) is 6.68. The molecule has 1 fully saturated rings. The van der Waals surface area contributed by atoms with E-state index in [4.69, 9.17) is 4.74 Å². The minimum absolute atomic E-state index is 0.0916. The van der Waals surface area contributed by atoms with Crippen molar-refractivity contribution in [1.29, 1.82) is 0 Å². The van der Waals surface area contributed by atoms with E-state index < -0.39 is 0 Å². The van der Waals surface area contributed by atoms with E-state index in [0.717, 1.165) is 42.7 Å². The molecule has 0 bridgehead atoms. The molecule has 2 aliphatic rings. The lowest BCUT2D eigenvalue weighted by Gasteiger charge is -2.33. The van der Waals surface area contributed by atoms with Gasteiger partial charge in [0.15, 0.2) is 5.78 Å². The van der Waals surface area contributed by atoms with Gasteiger partial charge in [-0.25, -0.2) is 0 Å². The summed E-state index contributed by atoms with van der Waals surface area (Å²) in [5, 5.41) is 10.5. The molecule has 1 heterocycles. The molecule has 3 nitrogen and oxygen atoms in total. The van der Waals surface area contributed by atoms with Crippen LogP contribution < -0.4 is 0 Å². The van der Waals surface area contributed by atoms with Crippen molar-refractivity contribution in [3.8, 4) is 0 Å². The highest BCUT2D eigenvalue weighted by molar-refractivity contribution is 6.22. The summed E-state index contributed by atoms with van der Waals surface area (Å²) in [5.74, 6) is 1.14. The zero-order chi connectivity index (χ0) is 15.7. The summed E-state index contributed by atoms with van der Waals surface area (Å²) in [4.78, 5) is 12.7. The van der Waals surface area contributed by atoms with Gasteiger partial charge < -0.3 is 9.84 Å². The summed E-state index contributed by atoms with van der Waals surface area (Å²) >= 11 is 0. The molecule has 1 unspecified atom stereocenters. The lowest BCUT2D eigenvalue weighted by molar-refractivity contribution is -0.116. The molecule has 1 aromatic rings. The van der Waals surface area contributed by atoms with Gasteiger partial charge in [0.2, 0.25) is 0 Å². The Balaban J connectivity index is 1.89. The fourth-order valence-electron chi connectivity index (χ4n) is 3.76. The Morgan fingerprint density at radius 2 is 1.82 bits per heavy atom. The van der Waals surface area contributed by atoms with E-state index in [2.05, 4.69) is 0 Å². The van der Waals surface area contributed by atoms with Crippen LogP contribution in [-0.2, 0) is 9.53 Å². The molecular formula is C19H24O3. The van der Waals surface area contributed by atoms with Gasteiger partial charge in [-0.15, -0.1) is 0 Å². The summed E-state index contributed by atoms with van der Waals surface area (Å²) in [5.41, 5.74) is 3.60. The molecule has 0 spiro atoms. The Morgan fingerprint density at radius 1 is 1.09 bits per heavy atom. The van der Waals surface area contributed by atoms with Gasteiger partial charge in [0.25, 0.3) is 0 Å². The van der Waals surface area contributed by atoms with Gasteiger partial charge in [0, 0.05) is 26.1 Å². The Bertz CT molecular complexity index is 609. The second-order valence-electron chi connectivity index (χ2n) is 6.68. The van der Waals surface area contributed by atoms with Crippen molar-refractivity contribution < 1.29 is 14.6 Å². The van der Waals surface area contributed by atoms with Crippen molar-refractivity contribution in [3.63, 3.8) is 0 Å². The molecule has 1 N–H and O–H groups in total. The molecule has 1 aliphatic heterocycles. The third-order valence-electron chi connectivity index (χ3n) is 5.07. The first-order chi connectivity index (χ1) is 10.6. The summed E-state index contributed by atoms with van der Waals surface area (Å²) in [6, 6.07) is 6.06. The van der Waals surface area contributed by atoms with Crippen LogP contribution in [0, 0.1) is 25.7 Å². The number of benzene rings is 1. The highest BCUT2D eigenvalue weighted by Crippen LogP contribution is 2.39. The maximum Gasteiger partial charge on any atom is 0.167 e. The molecule has 0 saturated carbocycles. The first kappa shape index (κ1) is 15.3. The van der Waals surface area contributed by atoms with Crippen molar-refractivity contribution in [2.75, 3.05) is 13.2 Å². The van der Waals surface area contributed by atoms with Crippen molar-refractivity contribution in [1.82, 2.24) is 0 Å². The van der Waals surface area contributed by atoms with Gasteiger partial charge in [0.05, 0.1) is 5.57 Å². The SMILES string of the molecule is Cc1ccc(C)c(C2=C(O)CC(C3CCOCC3)CC2=O)c1. The zero-order valence-electron chi connectivity index (χ0n) is 13.4. The highest BCUT2D eigenvalue weighted by Gasteiger charge is 2.34. The lowest BCUT2D eigenvalue weighted by Crippen LogP contribution is -2.29. The first-order valence-corrected chi connectivity index (χ1v) is 8.17. The predicted molar refractivity (Wildman–Crippen MR) is 86.7 cm³/mol. The molecule has 3 heteroatoms. The number of carbonyl (C=O) groups is 1. The zero-order valence-corrected chi connectivity index (χ0v) is 13.4. The second kappa shape index (κ2) is 6.25. The average Bonchev–Trinajstić information content (AvgIpc) is 2.51. The van der Waals surface area contributed by atoms with E-state index in [9.17, 15) is 9.90 Å². The molecule has 1 atom stereocenters.